The molecule has 1 N–H and O–H groups in total. The van der Waals surface area contributed by atoms with Gasteiger partial charge in [0, 0.05) is 0 Å². The summed E-state index contributed by atoms with van der Waals surface area (Å²) in [6.45, 7) is 9.41. The molecule has 0 bridgehead atoms. The highest BCUT2D eigenvalue weighted by Gasteiger charge is 2.25. The molecule has 2 heteroatoms. The van der Waals surface area contributed by atoms with Crippen molar-refractivity contribution >= 4 is 0 Å². The third-order valence-electron chi connectivity index (χ3n) is 9.64. The molecule has 0 amide bonds. The van der Waals surface area contributed by atoms with E-state index in [1.54, 1.807) is 0 Å². The fourth-order valence-electron chi connectivity index (χ4n) is 6.78. The van der Waals surface area contributed by atoms with Gasteiger partial charge in [-0.25, -0.2) is 9.55 Å². The molecule has 0 radical (unpaired) electrons. The second kappa shape index (κ2) is 29.3. The average Bonchev–Trinajstić information content (AvgIpc) is 3.47. The summed E-state index contributed by atoms with van der Waals surface area (Å²) < 4.78 is 2.63. The summed E-state index contributed by atoms with van der Waals surface area (Å²) in [7, 11) is 0. The molecule has 1 rings (SSSR count). The minimum absolute atomic E-state index is 0.620. The number of hydrogen-bond acceptors (Lipinski definition) is 0. The lowest BCUT2D eigenvalue weighted by Crippen LogP contribution is -2.41. The van der Waals surface area contributed by atoms with Gasteiger partial charge in [-0.05, 0) is 32.6 Å². The molecule has 0 spiro atoms. The summed E-state index contributed by atoms with van der Waals surface area (Å²) in [5.74, 6) is 2.24. The maximum absolute atomic E-state index is 3.74. The van der Waals surface area contributed by atoms with Gasteiger partial charge in [0.1, 0.15) is 12.4 Å². The van der Waals surface area contributed by atoms with Gasteiger partial charge in [0.2, 0.25) is 0 Å². The van der Waals surface area contributed by atoms with E-state index < -0.39 is 0 Å². The van der Waals surface area contributed by atoms with Gasteiger partial charge in [0.15, 0.2) is 0 Å². The first-order chi connectivity index (χ1) is 20.2. The van der Waals surface area contributed by atoms with E-state index >= 15 is 0 Å². The molecular weight excluding hydrogens is 496 g/mol. The second-order valence-electron chi connectivity index (χ2n) is 13.6. The number of imidazole rings is 1. The average molecular weight is 574 g/mol. The third kappa shape index (κ3) is 21.5. The summed E-state index contributed by atoms with van der Waals surface area (Å²) >= 11 is 0. The first kappa shape index (κ1) is 38.2. The van der Waals surface area contributed by atoms with Gasteiger partial charge in [-0.3, -0.25) is 0 Å². The van der Waals surface area contributed by atoms with Crippen LogP contribution in [0.3, 0.4) is 0 Å². The molecule has 1 heterocycles. The molecule has 41 heavy (non-hydrogen) atoms. The quantitative estimate of drug-likeness (QED) is 0.0653. The van der Waals surface area contributed by atoms with Gasteiger partial charge in [-0.15, -0.1) is 0 Å². The minimum Gasteiger partial charge on any atom is -0.247 e. The lowest BCUT2D eigenvalue weighted by molar-refractivity contribution is -0.727. The van der Waals surface area contributed by atoms with E-state index in [9.17, 15) is 0 Å². The van der Waals surface area contributed by atoms with Crippen LogP contribution in [0.25, 0.3) is 0 Å². The SMILES string of the molecule is CCCCCCCCCCCCCCCC(CCCCCCCC)c1[nH]cc[n+]1C(C)CCCCCCCCCC. The van der Waals surface area contributed by atoms with Crippen molar-refractivity contribution < 1.29 is 4.57 Å². The van der Waals surface area contributed by atoms with Crippen LogP contribution in [0.2, 0.25) is 0 Å². The van der Waals surface area contributed by atoms with Crippen molar-refractivity contribution in [2.75, 3.05) is 0 Å². The van der Waals surface area contributed by atoms with Crippen molar-refractivity contribution in [3.63, 3.8) is 0 Å². The Hall–Kier alpha value is -0.790. The van der Waals surface area contributed by atoms with Crippen LogP contribution in [-0.4, -0.2) is 4.98 Å². The Morgan fingerprint density at radius 2 is 0.780 bits per heavy atom. The monoisotopic (exact) mass is 574 g/mol. The predicted molar refractivity (Wildman–Crippen MR) is 184 cm³/mol. The normalized spacial score (nSPS) is 13.2. The zero-order valence-corrected chi connectivity index (χ0v) is 29.0. The minimum atomic E-state index is 0.620. The lowest BCUT2D eigenvalue weighted by Gasteiger charge is -2.17. The Bertz CT molecular complexity index is 635. The Balaban J connectivity index is 2.38. The van der Waals surface area contributed by atoms with E-state index in [1.165, 1.54) is 198 Å². The van der Waals surface area contributed by atoms with Crippen LogP contribution in [-0.2, 0) is 0 Å². The smallest absolute Gasteiger partial charge is 0.247 e. The summed E-state index contributed by atoms with van der Waals surface area (Å²) in [4.78, 5) is 3.74. The van der Waals surface area contributed by atoms with Crippen LogP contribution in [0, 0.1) is 0 Å². The summed E-state index contributed by atoms with van der Waals surface area (Å²) in [5, 5.41) is 0. The van der Waals surface area contributed by atoms with Gasteiger partial charge >= 0.3 is 0 Å². The molecule has 1 aromatic rings. The fourth-order valence-corrected chi connectivity index (χ4v) is 6.78. The number of nitrogens with zero attached hydrogens (tertiary/aromatic N) is 1. The molecule has 0 aliphatic rings. The van der Waals surface area contributed by atoms with Gasteiger partial charge in [0.05, 0.1) is 12.0 Å². The largest absolute Gasteiger partial charge is 0.257 e. The van der Waals surface area contributed by atoms with Crippen LogP contribution < -0.4 is 4.57 Å². The van der Waals surface area contributed by atoms with Crippen molar-refractivity contribution in [2.24, 2.45) is 0 Å². The highest BCUT2D eigenvalue weighted by atomic mass is 15.1. The van der Waals surface area contributed by atoms with Crippen LogP contribution in [0.1, 0.15) is 238 Å². The molecule has 2 unspecified atom stereocenters. The molecule has 0 saturated carbocycles. The van der Waals surface area contributed by atoms with E-state index in [4.69, 9.17) is 0 Å². The van der Waals surface area contributed by atoms with E-state index in [1.807, 2.05) is 0 Å². The number of aromatic nitrogens is 2. The summed E-state index contributed by atoms with van der Waals surface area (Å²) in [6, 6.07) is 0.620. The summed E-state index contributed by atoms with van der Waals surface area (Å²) in [5.41, 5.74) is 0. The molecule has 0 aliphatic heterocycles. The van der Waals surface area contributed by atoms with Crippen molar-refractivity contribution in [2.45, 2.75) is 232 Å². The molecular formula is C39H77N2+. The predicted octanol–water partition coefficient (Wildman–Crippen LogP) is 13.7. The molecule has 1 aromatic heterocycles. The maximum Gasteiger partial charge on any atom is 0.257 e. The highest BCUT2D eigenvalue weighted by Crippen LogP contribution is 2.27. The van der Waals surface area contributed by atoms with Crippen LogP contribution in [0.4, 0.5) is 0 Å². The van der Waals surface area contributed by atoms with Gasteiger partial charge < -0.3 is 0 Å². The highest BCUT2D eigenvalue weighted by molar-refractivity contribution is 4.90. The molecule has 0 saturated heterocycles. The van der Waals surface area contributed by atoms with Crippen LogP contribution in [0.5, 0.6) is 0 Å². The fraction of sp³-hybridized carbons (Fsp3) is 0.923. The number of unbranched alkanes of at least 4 members (excludes halogenated alkanes) is 24. The Morgan fingerprint density at radius 3 is 1.15 bits per heavy atom. The van der Waals surface area contributed by atoms with E-state index in [2.05, 4.69) is 49.6 Å². The molecule has 0 aromatic carbocycles. The maximum atomic E-state index is 3.74. The number of aromatic amines is 1. The lowest BCUT2D eigenvalue weighted by atomic mass is 9.92. The van der Waals surface area contributed by atoms with Gasteiger partial charge in [-0.1, -0.05) is 188 Å². The molecule has 2 atom stereocenters. The molecule has 242 valence electrons. The zero-order valence-electron chi connectivity index (χ0n) is 29.0. The molecule has 0 aliphatic carbocycles. The Labute approximate surface area is 259 Å². The Morgan fingerprint density at radius 1 is 0.463 bits per heavy atom. The van der Waals surface area contributed by atoms with Gasteiger partial charge in [0.25, 0.3) is 5.82 Å². The first-order valence-corrected chi connectivity index (χ1v) is 19.3. The topological polar surface area (TPSA) is 19.7 Å². The molecule has 0 fully saturated rings. The second-order valence-corrected chi connectivity index (χ2v) is 13.6. The van der Waals surface area contributed by atoms with Crippen LogP contribution >= 0.6 is 0 Å². The van der Waals surface area contributed by atoms with Crippen molar-refractivity contribution in [1.82, 2.24) is 4.98 Å². The number of nitrogens with one attached hydrogen (secondary N) is 1. The summed E-state index contributed by atoms with van der Waals surface area (Å²) in [6.07, 6.45) is 47.2. The standard InChI is InChI=1S/C39H76N2/c1-5-8-11-14-17-19-20-21-22-23-25-28-31-34-38(33-30-27-16-13-10-7-3)39-40-35-36-41(39)37(4)32-29-26-24-18-15-12-9-6-2/h35-38H,5-34H2,1-4H3/p+1. The van der Waals surface area contributed by atoms with Crippen molar-refractivity contribution in [3.8, 4) is 0 Å². The van der Waals surface area contributed by atoms with E-state index in [0.717, 1.165) is 0 Å². The zero-order chi connectivity index (χ0) is 29.6. The Kier molecular flexibility index (Phi) is 27.3. The first-order valence-electron chi connectivity index (χ1n) is 19.3. The third-order valence-corrected chi connectivity index (χ3v) is 9.64. The van der Waals surface area contributed by atoms with Gasteiger partial charge in [-0.2, -0.15) is 0 Å². The molecule has 2 nitrogen and oxygen atoms in total. The van der Waals surface area contributed by atoms with Crippen molar-refractivity contribution in [3.05, 3.63) is 18.2 Å². The van der Waals surface area contributed by atoms with E-state index in [0.29, 0.717) is 12.0 Å². The van der Waals surface area contributed by atoms with Crippen molar-refractivity contribution in [1.29, 1.82) is 0 Å². The van der Waals surface area contributed by atoms with Crippen LogP contribution in [0.15, 0.2) is 12.4 Å². The number of rotatable bonds is 32. The number of H-pyrrole nitrogens is 1. The van der Waals surface area contributed by atoms with E-state index in [-0.39, 0.29) is 0 Å². The number of hydrogen-bond donors (Lipinski definition) is 1.